The maximum Gasteiger partial charge on any atom is 0.416 e. The van der Waals surface area contributed by atoms with Crippen LogP contribution in [0.5, 0.6) is 0 Å². The van der Waals surface area contributed by atoms with E-state index in [0.29, 0.717) is 35.6 Å². The molecule has 2 aromatic carbocycles. The van der Waals surface area contributed by atoms with Gasteiger partial charge in [-0.1, -0.05) is 49.9 Å². The van der Waals surface area contributed by atoms with Crippen LogP contribution in [0, 0.1) is 6.92 Å². The molecule has 0 unspecified atom stereocenters. The van der Waals surface area contributed by atoms with Crippen molar-refractivity contribution < 1.29 is 18.0 Å². The lowest BCUT2D eigenvalue weighted by molar-refractivity contribution is -0.137. The van der Waals surface area contributed by atoms with Gasteiger partial charge in [0.15, 0.2) is 0 Å². The zero-order valence-corrected chi connectivity index (χ0v) is 22.4. The zero-order chi connectivity index (χ0) is 28.3. The van der Waals surface area contributed by atoms with E-state index >= 15 is 0 Å². The van der Waals surface area contributed by atoms with Crippen molar-refractivity contribution in [2.75, 3.05) is 12.3 Å². The number of aromatic nitrogens is 3. The van der Waals surface area contributed by atoms with Gasteiger partial charge in [0.1, 0.15) is 22.9 Å². The number of piperidine rings is 1. The molecular formula is C31H30F3N5O. The third-order valence-electron chi connectivity index (χ3n) is 8.45. The average molecular weight is 546 g/mol. The Labute approximate surface area is 230 Å². The Balaban J connectivity index is 1.37. The molecule has 3 atom stereocenters. The summed E-state index contributed by atoms with van der Waals surface area (Å²) < 4.78 is 41.8. The number of carbonyl (C=O) groups is 1. The third kappa shape index (κ3) is 4.33. The summed E-state index contributed by atoms with van der Waals surface area (Å²) in [6.07, 6.45) is 1.25. The normalized spacial score (nSPS) is 20.3. The van der Waals surface area contributed by atoms with E-state index in [-0.39, 0.29) is 23.8 Å². The summed E-state index contributed by atoms with van der Waals surface area (Å²) in [7, 11) is 0. The van der Waals surface area contributed by atoms with Gasteiger partial charge in [-0.15, -0.1) is 0 Å². The van der Waals surface area contributed by atoms with Crippen LogP contribution in [-0.2, 0) is 11.0 Å². The van der Waals surface area contributed by atoms with Gasteiger partial charge in [0.05, 0.1) is 11.6 Å². The van der Waals surface area contributed by atoms with E-state index in [4.69, 9.17) is 10.7 Å². The standard InChI is InChI=1S/C31H30F3N5O/c1-17-13-21(19(3)20-5-4-6-23(15-20)31(32,33)34)7-9-24(17)27-28-29(35)36-11-12-38(28)30(37-27)22-8-10-25-18(2)14-26(40)39(25)16-22/h4-7,9,11-13,15,19,22,25H,2,8,10,14,16H2,1,3H3,(H2,35,36)/t19-,22-,25+/m1/s1. The summed E-state index contributed by atoms with van der Waals surface area (Å²) in [6.45, 7) is 8.55. The van der Waals surface area contributed by atoms with Crippen LogP contribution in [0.25, 0.3) is 16.8 Å². The number of rotatable bonds is 4. The van der Waals surface area contributed by atoms with Gasteiger partial charge in [-0.25, -0.2) is 9.97 Å². The van der Waals surface area contributed by atoms with Crippen molar-refractivity contribution in [3.05, 3.63) is 95.1 Å². The molecule has 0 spiro atoms. The summed E-state index contributed by atoms with van der Waals surface area (Å²) in [6, 6.07) is 11.5. The smallest absolute Gasteiger partial charge is 0.382 e. The first kappa shape index (κ1) is 26.1. The molecule has 206 valence electrons. The molecule has 4 heterocycles. The average Bonchev–Trinajstić information content (AvgIpc) is 3.45. The van der Waals surface area contributed by atoms with Crippen molar-refractivity contribution in [2.24, 2.45) is 0 Å². The van der Waals surface area contributed by atoms with E-state index in [9.17, 15) is 18.0 Å². The van der Waals surface area contributed by atoms with Crippen LogP contribution < -0.4 is 5.73 Å². The Morgan fingerprint density at radius 1 is 1.12 bits per heavy atom. The molecular weight excluding hydrogens is 515 g/mol. The van der Waals surface area contributed by atoms with Crippen molar-refractivity contribution in [3.63, 3.8) is 0 Å². The lowest BCUT2D eigenvalue weighted by atomic mass is 9.89. The van der Waals surface area contributed by atoms with E-state index in [1.165, 1.54) is 12.1 Å². The predicted octanol–water partition coefficient (Wildman–Crippen LogP) is 6.49. The molecule has 9 heteroatoms. The number of aryl methyl sites for hydroxylation is 1. The molecule has 2 aliphatic heterocycles. The SMILES string of the molecule is C=C1CC(=O)N2C[C@H](c3nc(-c4ccc([C@H](C)c5cccc(C(F)(F)F)c5)cc4C)c4c(N)nccn34)CC[C@@H]12. The van der Waals surface area contributed by atoms with E-state index < -0.39 is 11.7 Å². The number of alkyl halides is 3. The molecule has 2 N–H and O–H groups in total. The van der Waals surface area contributed by atoms with Crippen molar-refractivity contribution >= 4 is 17.2 Å². The summed E-state index contributed by atoms with van der Waals surface area (Å²) in [4.78, 5) is 23.9. The number of imidazole rings is 1. The summed E-state index contributed by atoms with van der Waals surface area (Å²) in [5.41, 5.74) is 11.4. The van der Waals surface area contributed by atoms with Crippen LogP contribution in [0.4, 0.5) is 19.0 Å². The largest absolute Gasteiger partial charge is 0.416 e. The van der Waals surface area contributed by atoms with Crippen LogP contribution in [0.15, 0.2) is 67.0 Å². The van der Waals surface area contributed by atoms with Crippen molar-refractivity contribution in [1.82, 2.24) is 19.3 Å². The van der Waals surface area contributed by atoms with Gasteiger partial charge in [0, 0.05) is 42.8 Å². The van der Waals surface area contributed by atoms with Gasteiger partial charge in [-0.2, -0.15) is 13.2 Å². The van der Waals surface area contributed by atoms with E-state index in [1.807, 2.05) is 47.5 Å². The number of hydrogen-bond donors (Lipinski definition) is 1. The second-order valence-electron chi connectivity index (χ2n) is 10.9. The highest BCUT2D eigenvalue weighted by Crippen LogP contribution is 2.40. The quantitative estimate of drug-likeness (QED) is 0.297. The van der Waals surface area contributed by atoms with Gasteiger partial charge in [-0.05, 0) is 48.1 Å². The Kier molecular flexibility index (Phi) is 6.20. The van der Waals surface area contributed by atoms with Gasteiger partial charge < -0.3 is 10.6 Å². The number of carbonyl (C=O) groups excluding carboxylic acids is 1. The summed E-state index contributed by atoms with van der Waals surface area (Å²) in [5.74, 6) is 1.11. The van der Waals surface area contributed by atoms with Gasteiger partial charge in [0.25, 0.3) is 0 Å². The lowest BCUT2D eigenvalue weighted by Gasteiger charge is -2.34. The molecule has 6 nitrogen and oxygen atoms in total. The first-order valence-corrected chi connectivity index (χ1v) is 13.4. The number of nitrogen functional groups attached to an aromatic ring is 1. The Hall–Kier alpha value is -4.14. The fraction of sp³-hybridized carbons (Fsp3) is 0.323. The molecule has 1 amide bonds. The van der Waals surface area contributed by atoms with Crippen LogP contribution in [0.1, 0.15) is 66.1 Å². The molecule has 2 aliphatic rings. The molecule has 40 heavy (non-hydrogen) atoms. The van der Waals surface area contributed by atoms with Crippen LogP contribution in [0.2, 0.25) is 0 Å². The molecule has 2 fully saturated rings. The maximum atomic E-state index is 13.3. The number of nitrogens with zero attached hydrogens (tertiary/aromatic N) is 4. The second kappa shape index (κ2) is 9.50. The Morgan fingerprint density at radius 2 is 1.90 bits per heavy atom. The van der Waals surface area contributed by atoms with Gasteiger partial charge in [-0.3, -0.25) is 9.20 Å². The second-order valence-corrected chi connectivity index (χ2v) is 10.9. The number of anilines is 1. The number of fused-ring (bicyclic) bond motifs is 2. The lowest BCUT2D eigenvalue weighted by Crippen LogP contribution is -2.41. The Morgan fingerprint density at radius 3 is 2.65 bits per heavy atom. The summed E-state index contributed by atoms with van der Waals surface area (Å²) in [5, 5.41) is 0. The minimum Gasteiger partial charge on any atom is -0.382 e. The number of nitrogens with two attached hydrogens (primary N) is 1. The highest BCUT2D eigenvalue weighted by atomic mass is 19.4. The van der Waals surface area contributed by atoms with Crippen molar-refractivity contribution in [1.29, 1.82) is 0 Å². The minimum atomic E-state index is -4.39. The molecule has 2 saturated heterocycles. The van der Waals surface area contributed by atoms with Crippen LogP contribution >= 0.6 is 0 Å². The van der Waals surface area contributed by atoms with Crippen molar-refractivity contribution in [2.45, 2.75) is 57.2 Å². The highest BCUT2D eigenvalue weighted by Gasteiger charge is 2.40. The minimum absolute atomic E-state index is 0.0367. The monoisotopic (exact) mass is 545 g/mol. The van der Waals surface area contributed by atoms with E-state index in [1.54, 1.807) is 12.3 Å². The fourth-order valence-corrected chi connectivity index (χ4v) is 6.26. The number of amides is 1. The summed E-state index contributed by atoms with van der Waals surface area (Å²) >= 11 is 0. The third-order valence-corrected chi connectivity index (χ3v) is 8.45. The number of benzene rings is 2. The van der Waals surface area contributed by atoms with E-state index in [0.717, 1.165) is 47.0 Å². The van der Waals surface area contributed by atoms with Crippen LogP contribution in [-0.4, -0.2) is 37.8 Å². The maximum absolute atomic E-state index is 13.3. The first-order valence-electron chi connectivity index (χ1n) is 13.4. The molecule has 0 bridgehead atoms. The van der Waals surface area contributed by atoms with Gasteiger partial charge >= 0.3 is 6.18 Å². The molecule has 0 radical (unpaired) electrons. The topological polar surface area (TPSA) is 76.5 Å². The molecule has 6 rings (SSSR count). The molecule has 2 aromatic heterocycles. The number of hydrogen-bond acceptors (Lipinski definition) is 4. The van der Waals surface area contributed by atoms with Crippen LogP contribution in [0.3, 0.4) is 0 Å². The van der Waals surface area contributed by atoms with Gasteiger partial charge in [0.2, 0.25) is 5.91 Å². The Bertz CT molecular complexity index is 1660. The number of halogens is 3. The molecule has 0 saturated carbocycles. The first-order chi connectivity index (χ1) is 19.0. The molecule has 0 aliphatic carbocycles. The molecule has 4 aromatic rings. The fourth-order valence-electron chi connectivity index (χ4n) is 6.26. The highest BCUT2D eigenvalue weighted by molar-refractivity contribution is 5.87. The van der Waals surface area contributed by atoms with E-state index in [2.05, 4.69) is 11.6 Å². The zero-order valence-electron chi connectivity index (χ0n) is 22.4. The predicted molar refractivity (Wildman–Crippen MR) is 148 cm³/mol. The van der Waals surface area contributed by atoms with Crippen molar-refractivity contribution in [3.8, 4) is 11.3 Å².